The summed E-state index contributed by atoms with van der Waals surface area (Å²) < 4.78 is 18.7. The fraction of sp³-hybridized carbons (Fsp3) is 0.458. The van der Waals surface area contributed by atoms with E-state index in [0.717, 1.165) is 50.9 Å². The van der Waals surface area contributed by atoms with E-state index in [1.807, 2.05) is 0 Å². The lowest BCUT2D eigenvalue weighted by Gasteiger charge is -2.36. The third-order valence-electron chi connectivity index (χ3n) is 6.47. The Morgan fingerprint density at radius 1 is 1.25 bits per heavy atom. The van der Waals surface area contributed by atoms with Crippen molar-refractivity contribution in [3.8, 4) is 0 Å². The number of halogens is 1. The molecular formula is C24H29FN4O3. The number of rotatable bonds is 8. The average Bonchev–Trinajstić information content (AvgIpc) is 2.74. The zero-order chi connectivity index (χ0) is 22.7. The van der Waals surface area contributed by atoms with Crippen LogP contribution in [-0.4, -0.2) is 48.6 Å². The van der Waals surface area contributed by atoms with Gasteiger partial charge in [0.15, 0.2) is 5.69 Å². The van der Waals surface area contributed by atoms with Crippen molar-refractivity contribution in [1.29, 1.82) is 5.41 Å². The van der Waals surface area contributed by atoms with E-state index >= 15 is 0 Å². The third-order valence-corrected chi connectivity index (χ3v) is 6.47. The maximum Gasteiger partial charge on any atom is 0.354 e. The van der Waals surface area contributed by atoms with Crippen LogP contribution in [0.15, 0.2) is 30.3 Å². The van der Waals surface area contributed by atoms with Crippen LogP contribution in [0.5, 0.6) is 0 Å². The molecule has 4 rings (SSSR count). The minimum Gasteiger partial charge on any atom is -0.477 e. The Morgan fingerprint density at radius 3 is 2.50 bits per heavy atom. The average molecular weight is 441 g/mol. The molecule has 0 unspecified atom stereocenters. The number of hydrogen-bond acceptors (Lipinski definition) is 6. The smallest absolute Gasteiger partial charge is 0.354 e. The molecule has 170 valence electrons. The highest BCUT2D eigenvalue weighted by Gasteiger charge is 2.31. The molecule has 2 aliphatic rings. The summed E-state index contributed by atoms with van der Waals surface area (Å²) in [6.45, 7) is 2.24. The molecule has 1 saturated carbocycles. The van der Waals surface area contributed by atoms with E-state index in [-0.39, 0.29) is 17.4 Å². The van der Waals surface area contributed by atoms with Crippen molar-refractivity contribution in [3.63, 3.8) is 0 Å². The highest BCUT2D eigenvalue weighted by Crippen LogP contribution is 2.38. The molecule has 2 aromatic rings. The van der Waals surface area contributed by atoms with Gasteiger partial charge in [-0.25, -0.2) is 14.2 Å². The molecule has 1 aliphatic carbocycles. The fourth-order valence-electron chi connectivity index (χ4n) is 4.39. The van der Waals surface area contributed by atoms with Crippen LogP contribution in [0.3, 0.4) is 0 Å². The molecule has 32 heavy (non-hydrogen) atoms. The summed E-state index contributed by atoms with van der Waals surface area (Å²) in [5, 5.41) is 21.8. The second-order valence-corrected chi connectivity index (χ2v) is 8.61. The van der Waals surface area contributed by atoms with Crippen molar-refractivity contribution >= 4 is 28.9 Å². The lowest BCUT2D eigenvalue weighted by Crippen LogP contribution is -2.37. The largest absolute Gasteiger partial charge is 0.477 e. The van der Waals surface area contributed by atoms with E-state index in [2.05, 4.69) is 15.2 Å². The lowest BCUT2D eigenvalue weighted by molar-refractivity contribution is 0.0690. The van der Waals surface area contributed by atoms with Gasteiger partial charge in [-0.15, -0.1) is 0 Å². The number of benzene rings is 1. The Kier molecular flexibility index (Phi) is 6.69. The van der Waals surface area contributed by atoms with Crippen LogP contribution >= 0.6 is 0 Å². The SMILES string of the molecule is COCC1CCN(c2cc(C(=O)O)nc(Nc3ccc(F)cc3)c2C(=N)C2CCC2)CC1. The van der Waals surface area contributed by atoms with Crippen LogP contribution < -0.4 is 10.2 Å². The first-order valence-electron chi connectivity index (χ1n) is 11.1. The monoisotopic (exact) mass is 440 g/mol. The van der Waals surface area contributed by atoms with Gasteiger partial charge >= 0.3 is 5.97 Å². The molecule has 0 amide bonds. The van der Waals surface area contributed by atoms with Gasteiger partial charge in [0.05, 0.1) is 11.3 Å². The summed E-state index contributed by atoms with van der Waals surface area (Å²) in [6, 6.07) is 7.43. The molecule has 1 aromatic heterocycles. The first-order valence-corrected chi connectivity index (χ1v) is 11.1. The number of piperidine rings is 1. The highest BCUT2D eigenvalue weighted by atomic mass is 19.1. The number of carboxylic acid groups (broad SMARTS) is 1. The fourth-order valence-corrected chi connectivity index (χ4v) is 4.39. The van der Waals surface area contributed by atoms with Crippen molar-refractivity contribution in [2.45, 2.75) is 32.1 Å². The van der Waals surface area contributed by atoms with Gasteiger partial charge in [-0.1, -0.05) is 6.42 Å². The molecule has 0 radical (unpaired) electrons. The lowest BCUT2D eigenvalue weighted by atomic mass is 9.79. The maximum atomic E-state index is 13.4. The van der Waals surface area contributed by atoms with Crippen LogP contribution in [0.25, 0.3) is 0 Å². The van der Waals surface area contributed by atoms with Gasteiger partial charge in [-0.05, 0) is 61.9 Å². The van der Waals surface area contributed by atoms with Crippen LogP contribution in [0, 0.1) is 23.1 Å². The molecule has 1 aromatic carbocycles. The summed E-state index contributed by atoms with van der Waals surface area (Å²) in [6.07, 6.45) is 4.87. The Labute approximate surface area is 187 Å². The highest BCUT2D eigenvalue weighted by molar-refractivity contribution is 6.10. The van der Waals surface area contributed by atoms with Crippen LogP contribution in [0.2, 0.25) is 0 Å². The minimum atomic E-state index is -1.12. The number of ether oxygens (including phenoxy) is 1. The maximum absolute atomic E-state index is 13.4. The molecule has 0 bridgehead atoms. The predicted molar refractivity (Wildman–Crippen MR) is 122 cm³/mol. The number of nitrogens with one attached hydrogen (secondary N) is 2. The second-order valence-electron chi connectivity index (χ2n) is 8.61. The van der Waals surface area contributed by atoms with Gasteiger partial charge in [0.25, 0.3) is 0 Å². The Hall–Kier alpha value is -3.00. The molecular weight excluding hydrogens is 411 g/mol. The first kappa shape index (κ1) is 22.2. The first-order chi connectivity index (χ1) is 15.5. The Balaban J connectivity index is 1.75. The molecule has 2 fully saturated rings. The van der Waals surface area contributed by atoms with Crippen LogP contribution in [0.4, 0.5) is 21.6 Å². The quantitative estimate of drug-likeness (QED) is 0.515. The topological polar surface area (TPSA) is 98.5 Å². The number of anilines is 3. The predicted octanol–water partition coefficient (Wildman–Crippen LogP) is 4.69. The number of pyridine rings is 1. The van der Waals surface area contributed by atoms with Gasteiger partial charge in [0.1, 0.15) is 11.6 Å². The normalized spacial score (nSPS) is 17.1. The summed E-state index contributed by atoms with van der Waals surface area (Å²) >= 11 is 0. The van der Waals surface area contributed by atoms with Crippen molar-refractivity contribution in [3.05, 3.63) is 47.4 Å². The third kappa shape index (κ3) is 4.75. The molecule has 0 atom stereocenters. The van der Waals surface area contributed by atoms with E-state index in [4.69, 9.17) is 10.1 Å². The molecule has 2 heterocycles. The molecule has 1 saturated heterocycles. The molecule has 3 N–H and O–H groups in total. The van der Waals surface area contributed by atoms with E-state index in [9.17, 15) is 14.3 Å². The van der Waals surface area contributed by atoms with Gasteiger partial charge in [-0.2, -0.15) is 0 Å². The summed E-state index contributed by atoms with van der Waals surface area (Å²) in [5.74, 6) is -0.522. The number of carboxylic acids is 1. The van der Waals surface area contributed by atoms with Crippen molar-refractivity contribution in [1.82, 2.24) is 4.98 Å². The summed E-state index contributed by atoms with van der Waals surface area (Å²) in [5.41, 5.74) is 2.38. The molecule has 8 heteroatoms. The van der Waals surface area contributed by atoms with E-state index < -0.39 is 5.97 Å². The Morgan fingerprint density at radius 2 is 1.94 bits per heavy atom. The van der Waals surface area contributed by atoms with Gasteiger partial charge < -0.3 is 25.5 Å². The van der Waals surface area contributed by atoms with Gasteiger partial charge in [-0.3, -0.25) is 0 Å². The number of aromatic carboxylic acids is 1. The summed E-state index contributed by atoms with van der Waals surface area (Å²) in [7, 11) is 1.71. The second kappa shape index (κ2) is 9.65. The molecule has 0 spiro atoms. The van der Waals surface area contributed by atoms with Crippen molar-refractivity contribution in [2.24, 2.45) is 11.8 Å². The van der Waals surface area contributed by atoms with Gasteiger partial charge in [0.2, 0.25) is 0 Å². The Bertz CT molecular complexity index is 983. The van der Waals surface area contributed by atoms with E-state index in [1.165, 1.54) is 12.1 Å². The number of hydrogen-bond donors (Lipinski definition) is 3. The number of nitrogens with zero attached hydrogens (tertiary/aromatic N) is 2. The number of carbonyl (C=O) groups is 1. The number of aromatic nitrogens is 1. The number of methoxy groups -OCH3 is 1. The zero-order valence-corrected chi connectivity index (χ0v) is 18.2. The summed E-state index contributed by atoms with van der Waals surface area (Å²) in [4.78, 5) is 18.4. The molecule has 7 nitrogen and oxygen atoms in total. The minimum absolute atomic E-state index is 0.0752. The van der Waals surface area contributed by atoms with Gasteiger partial charge in [0, 0.05) is 44.1 Å². The molecule has 1 aliphatic heterocycles. The van der Waals surface area contributed by atoms with E-state index in [0.29, 0.717) is 35.3 Å². The zero-order valence-electron chi connectivity index (χ0n) is 18.2. The van der Waals surface area contributed by atoms with Crippen LogP contribution in [0.1, 0.15) is 48.2 Å². The van der Waals surface area contributed by atoms with Crippen molar-refractivity contribution in [2.75, 3.05) is 37.0 Å². The van der Waals surface area contributed by atoms with Crippen molar-refractivity contribution < 1.29 is 19.0 Å². The van der Waals surface area contributed by atoms with E-state index in [1.54, 1.807) is 25.3 Å². The van der Waals surface area contributed by atoms with Crippen LogP contribution in [-0.2, 0) is 4.74 Å². The standard InChI is InChI=1S/C24H29FN4O3/c1-32-14-15-9-11-29(12-10-15)20-13-19(24(30)31)28-23(21(20)22(26)16-3-2-4-16)27-18-7-5-17(25)6-8-18/h5-8,13,15-16,26H,2-4,9-12,14H2,1H3,(H,27,28)(H,30,31).